The van der Waals surface area contributed by atoms with Crippen molar-refractivity contribution >= 4 is 5.91 Å². The summed E-state index contributed by atoms with van der Waals surface area (Å²) >= 11 is 0. The predicted molar refractivity (Wildman–Crippen MR) is 65.0 cm³/mol. The van der Waals surface area contributed by atoms with Gasteiger partial charge in [-0.25, -0.2) is 0 Å². The third-order valence-electron chi connectivity index (χ3n) is 2.57. The van der Waals surface area contributed by atoms with Crippen LogP contribution in [0.2, 0.25) is 0 Å². The summed E-state index contributed by atoms with van der Waals surface area (Å²) in [5, 5.41) is 21.5. The van der Waals surface area contributed by atoms with Gasteiger partial charge in [0.05, 0.1) is 0 Å². The third kappa shape index (κ3) is 3.64. The molecule has 1 aromatic carbocycles. The van der Waals surface area contributed by atoms with E-state index < -0.39 is 5.91 Å². The highest BCUT2D eigenvalue weighted by Crippen LogP contribution is 2.25. The van der Waals surface area contributed by atoms with Crippen molar-refractivity contribution in [2.45, 2.75) is 25.8 Å². The second kappa shape index (κ2) is 6.10. The minimum Gasteiger partial charge on any atom is -0.507 e. The van der Waals surface area contributed by atoms with Crippen molar-refractivity contribution in [2.75, 3.05) is 6.54 Å². The molecule has 5 nitrogen and oxygen atoms in total. The molecule has 1 amide bonds. The van der Waals surface area contributed by atoms with Crippen LogP contribution in [0.3, 0.4) is 0 Å². The zero-order valence-corrected chi connectivity index (χ0v) is 9.81. The van der Waals surface area contributed by atoms with Crippen LogP contribution in [0.25, 0.3) is 0 Å². The summed E-state index contributed by atoms with van der Waals surface area (Å²) in [6.07, 6.45) is 1.51. The van der Waals surface area contributed by atoms with E-state index in [1.54, 1.807) is 0 Å². The van der Waals surface area contributed by atoms with E-state index in [1.807, 2.05) is 6.92 Å². The van der Waals surface area contributed by atoms with Crippen LogP contribution in [-0.4, -0.2) is 28.7 Å². The minimum atomic E-state index is -0.496. The molecule has 5 N–H and O–H groups in total. The van der Waals surface area contributed by atoms with Gasteiger partial charge in [-0.15, -0.1) is 0 Å². The molecule has 1 aromatic rings. The smallest absolute Gasteiger partial charge is 0.258 e. The number of nitrogens with two attached hydrogens (primary N) is 1. The Morgan fingerprint density at radius 3 is 2.53 bits per heavy atom. The first-order valence-corrected chi connectivity index (χ1v) is 5.61. The number of hydrogen-bond acceptors (Lipinski definition) is 4. The van der Waals surface area contributed by atoms with Crippen LogP contribution < -0.4 is 11.1 Å². The Balaban J connectivity index is 2.59. The molecule has 0 heterocycles. The zero-order valence-electron chi connectivity index (χ0n) is 9.81. The van der Waals surface area contributed by atoms with Crippen LogP contribution in [0.1, 0.15) is 30.1 Å². The van der Waals surface area contributed by atoms with Gasteiger partial charge in [0.2, 0.25) is 0 Å². The Hall–Kier alpha value is -1.75. The van der Waals surface area contributed by atoms with E-state index in [0.29, 0.717) is 13.0 Å². The average Bonchev–Trinajstić information content (AvgIpc) is 2.28. The number of phenolic OH excluding ortho intramolecular Hbond substituents is 2. The molecule has 0 spiro atoms. The number of amides is 1. The fourth-order valence-corrected chi connectivity index (χ4v) is 1.42. The largest absolute Gasteiger partial charge is 0.507 e. The molecule has 0 aliphatic carbocycles. The molecule has 1 unspecified atom stereocenters. The number of benzene rings is 1. The molecule has 0 saturated heterocycles. The van der Waals surface area contributed by atoms with E-state index in [0.717, 1.165) is 6.42 Å². The SMILES string of the molecule is CCC(N)CCNC(=O)c1c(O)cccc1O. The lowest BCUT2D eigenvalue weighted by atomic mass is 10.1. The van der Waals surface area contributed by atoms with Crippen molar-refractivity contribution in [3.63, 3.8) is 0 Å². The highest BCUT2D eigenvalue weighted by molar-refractivity contribution is 5.99. The number of hydrogen-bond donors (Lipinski definition) is 4. The first kappa shape index (κ1) is 13.3. The summed E-state index contributed by atoms with van der Waals surface area (Å²) in [5.41, 5.74) is 5.61. The van der Waals surface area contributed by atoms with Crippen LogP contribution in [0.4, 0.5) is 0 Å². The highest BCUT2D eigenvalue weighted by atomic mass is 16.3. The number of phenols is 2. The van der Waals surface area contributed by atoms with E-state index in [4.69, 9.17) is 5.73 Å². The monoisotopic (exact) mass is 238 g/mol. The quantitative estimate of drug-likeness (QED) is 0.614. The second-order valence-electron chi connectivity index (χ2n) is 3.88. The maximum Gasteiger partial charge on any atom is 0.258 e. The van der Waals surface area contributed by atoms with Crippen LogP contribution >= 0.6 is 0 Å². The average molecular weight is 238 g/mol. The molecule has 0 fully saturated rings. The lowest BCUT2D eigenvalue weighted by molar-refractivity contribution is 0.0947. The second-order valence-corrected chi connectivity index (χ2v) is 3.88. The van der Waals surface area contributed by atoms with Crippen molar-refractivity contribution in [1.82, 2.24) is 5.32 Å². The lowest BCUT2D eigenvalue weighted by Crippen LogP contribution is -2.30. The Bertz CT molecular complexity index is 373. The normalized spacial score (nSPS) is 12.1. The summed E-state index contributed by atoms with van der Waals surface area (Å²) in [4.78, 5) is 11.7. The Kier molecular flexibility index (Phi) is 4.78. The summed E-state index contributed by atoms with van der Waals surface area (Å²) in [5.74, 6) is -0.964. The Labute approximate surface area is 100 Å². The van der Waals surface area contributed by atoms with E-state index in [9.17, 15) is 15.0 Å². The van der Waals surface area contributed by atoms with Crippen LogP contribution in [0.5, 0.6) is 11.5 Å². The molecule has 0 aliphatic rings. The van der Waals surface area contributed by atoms with Crippen molar-refractivity contribution in [3.05, 3.63) is 23.8 Å². The van der Waals surface area contributed by atoms with Crippen molar-refractivity contribution < 1.29 is 15.0 Å². The highest BCUT2D eigenvalue weighted by Gasteiger charge is 2.15. The first-order chi connectivity index (χ1) is 8.06. The molecule has 0 saturated carbocycles. The van der Waals surface area contributed by atoms with Gasteiger partial charge < -0.3 is 21.3 Å². The molecule has 17 heavy (non-hydrogen) atoms. The number of carbonyl (C=O) groups excluding carboxylic acids is 1. The van der Waals surface area contributed by atoms with E-state index in [-0.39, 0.29) is 23.1 Å². The van der Waals surface area contributed by atoms with Crippen LogP contribution in [0.15, 0.2) is 18.2 Å². The minimum absolute atomic E-state index is 0.0493. The molecule has 0 radical (unpaired) electrons. The van der Waals surface area contributed by atoms with Crippen LogP contribution in [-0.2, 0) is 0 Å². The number of aromatic hydroxyl groups is 2. The van der Waals surface area contributed by atoms with Gasteiger partial charge in [0, 0.05) is 12.6 Å². The first-order valence-electron chi connectivity index (χ1n) is 5.61. The van der Waals surface area contributed by atoms with Gasteiger partial charge in [-0.3, -0.25) is 4.79 Å². The molecule has 1 rings (SSSR count). The van der Waals surface area contributed by atoms with E-state index >= 15 is 0 Å². The molecule has 0 bridgehead atoms. The fraction of sp³-hybridized carbons (Fsp3) is 0.417. The molecule has 5 heteroatoms. The maximum absolute atomic E-state index is 11.7. The zero-order chi connectivity index (χ0) is 12.8. The van der Waals surface area contributed by atoms with Gasteiger partial charge in [-0.1, -0.05) is 13.0 Å². The van der Waals surface area contributed by atoms with Gasteiger partial charge in [0.25, 0.3) is 5.91 Å². The molecule has 94 valence electrons. The van der Waals surface area contributed by atoms with Crippen LogP contribution in [0, 0.1) is 0 Å². The Morgan fingerprint density at radius 1 is 1.41 bits per heavy atom. The van der Waals surface area contributed by atoms with Crippen molar-refractivity contribution in [1.29, 1.82) is 0 Å². The van der Waals surface area contributed by atoms with Crippen molar-refractivity contribution in [3.8, 4) is 11.5 Å². The summed E-state index contributed by atoms with van der Waals surface area (Å²) in [6.45, 7) is 2.39. The van der Waals surface area contributed by atoms with E-state index in [1.165, 1.54) is 18.2 Å². The van der Waals surface area contributed by atoms with Crippen molar-refractivity contribution in [2.24, 2.45) is 5.73 Å². The third-order valence-corrected chi connectivity index (χ3v) is 2.57. The predicted octanol–water partition coefficient (Wildman–Crippen LogP) is 0.955. The van der Waals surface area contributed by atoms with Gasteiger partial charge in [-0.2, -0.15) is 0 Å². The molecular weight excluding hydrogens is 220 g/mol. The standard InChI is InChI=1S/C12H18N2O3/c1-2-8(13)6-7-14-12(17)11-9(15)4-3-5-10(11)16/h3-5,8,15-16H,2,6-7,13H2,1H3,(H,14,17). The number of nitrogens with one attached hydrogen (secondary N) is 1. The van der Waals surface area contributed by atoms with Gasteiger partial charge in [0.15, 0.2) is 0 Å². The molecule has 0 aromatic heterocycles. The molecule has 0 aliphatic heterocycles. The number of rotatable bonds is 5. The summed E-state index contributed by atoms with van der Waals surface area (Å²) < 4.78 is 0. The maximum atomic E-state index is 11.7. The van der Waals surface area contributed by atoms with Gasteiger partial charge in [-0.05, 0) is 25.0 Å². The van der Waals surface area contributed by atoms with Gasteiger partial charge in [0.1, 0.15) is 17.1 Å². The summed E-state index contributed by atoms with van der Waals surface area (Å²) in [7, 11) is 0. The molecule has 1 atom stereocenters. The van der Waals surface area contributed by atoms with Gasteiger partial charge >= 0.3 is 0 Å². The number of carbonyl (C=O) groups is 1. The topological polar surface area (TPSA) is 95.6 Å². The fourth-order valence-electron chi connectivity index (χ4n) is 1.42. The molecular formula is C12H18N2O3. The lowest BCUT2D eigenvalue weighted by Gasteiger charge is -2.11. The Morgan fingerprint density at radius 2 is 2.00 bits per heavy atom. The summed E-state index contributed by atoms with van der Waals surface area (Å²) in [6, 6.07) is 4.22. The van der Waals surface area contributed by atoms with E-state index in [2.05, 4.69) is 5.32 Å².